The summed E-state index contributed by atoms with van der Waals surface area (Å²) in [5.41, 5.74) is 0.397. The third kappa shape index (κ3) is 7.10. The normalized spacial score (nSPS) is 15.0. The first-order valence-corrected chi connectivity index (χ1v) is 9.49. The largest absolute Gasteiger partial charge is 0.493 e. The summed E-state index contributed by atoms with van der Waals surface area (Å²) < 4.78 is 15.4. The SMILES string of the molecule is COc1cc(C=O)ccc1OCC(=O)O[C@H](C)C(=O)NC(=O)NC1CCCCC1. The zero-order valence-corrected chi connectivity index (χ0v) is 16.6. The van der Waals surface area contributed by atoms with E-state index in [1.807, 2.05) is 0 Å². The first-order chi connectivity index (χ1) is 13.9. The second kappa shape index (κ2) is 11.0. The number of urea groups is 1. The van der Waals surface area contributed by atoms with Crippen LogP contribution in [0.5, 0.6) is 11.5 Å². The lowest BCUT2D eigenvalue weighted by atomic mass is 9.96. The Labute approximate surface area is 169 Å². The fourth-order valence-electron chi connectivity index (χ4n) is 2.98. The van der Waals surface area contributed by atoms with Gasteiger partial charge in [-0.2, -0.15) is 0 Å². The minimum absolute atomic E-state index is 0.0587. The van der Waals surface area contributed by atoms with Crippen LogP contribution < -0.4 is 20.1 Å². The van der Waals surface area contributed by atoms with Gasteiger partial charge in [0.25, 0.3) is 5.91 Å². The van der Waals surface area contributed by atoms with Gasteiger partial charge in [-0.3, -0.25) is 14.9 Å². The van der Waals surface area contributed by atoms with Crippen molar-refractivity contribution in [1.82, 2.24) is 10.6 Å². The highest BCUT2D eigenvalue weighted by Crippen LogP contribution is 2.27. The average molecular weight is 406 g/mol. The summed E-state index contributed by atoms with van der Waals surface area (Å²) in [6.07, 6.45) is 4.53. The lowest BCUT2D eigenvalue weighted by molar-refractivity contribution is -0.156. The molecule has 1 atom stereocenters. The van der Waals surface area contributed by atoms with E-state index in [0.717, 1.165) is 32.1 Å². The maximum atomic E-state index is 12.0. The van der Waals surface area contributed by atoms with Crippen LogP contribution in [0.15, 0.2) is 18.2 Å². The molecule has 0 spiro atoms. The predicted molar refractivity (Wildman–Crippen MR) is 103 cm³/mol. The van der Waals surface area contributed by atoms with Gasteiger partial charge in [0, 0.05) is 11.6 Å². The van der Waals surface area contributed by atoms with E-state index in [1.54, 1.807) is 0 Å². The van der Waals surface area contributed by atoms with Crippen LogP contribution in [0.25, 0.3) is 0 Å². The Morgan fingerprint density at radius 3 is 2.55 bits per heavy atom. The lowest BCUT2D eigenvalue weighted by Gasteiger charge is -2.23. The zero-order valence-electron chi connectivity index (χ0n) is 16.6. The molecule has 0 heterocycles. The smallest absolute Gasteiger partial charge is 0.344 e. The number of benzene rings is 1. The summed E-state index contributed by atoms with van der Waals surface area (Å²) in [6.45, 7) is 0.892. The van der Waals surface area contributed by atoms with Crippen LogP contribution in [-0.4, -0.2) is 50.1 Å². The van der Waals surface area contributed by atoms with Crippen LogP contribution in [0.2, 0.25) is 0 Å². The number of amides is 3. The molecule has 0 aliphatic heterocycles. The molecule has 29 heavy (non-hydrogen) atoms. The highest BCUT2D eigenvalue weighted by molar-refractivity contribution is 5.97. The van der Waals surface area contributed by atoms with Gasteiger partial charge in [-0.15, -0.1) is 0 Å². The van der Waals surface area contributed by atoms with E-state index in [9.17, 15) is 19.2 Å². The second-order valence-corrected chi connectivity index (χ2v) is 6.75. The van der Waals surface area contributed by atoms with E-state index in [1.165, 1.54) is 32.2 Å². The van der Waals surface area contributed by atoms with Crippen molar-refractivity contribution in [3.05, 3.63) is 23.8 Å². The molecule has 0 radical (unpaired) electrons. The fourth-order valence-corrected chi connectivity index (χ4v) is 2.98. The highest BCUT2D eigenvalue weighted by atomic mass is 16.6. The second-order valence-electron chi connectivity index (χ2n) is 6.75. The molecular weight excluding hydrogens is 380 g/mol. The Morgan fingerprint density at radius 2 is 1.90 bits per heavy atom. The van der Waals surface area contributed by atoms with Gasteiger partial charge in [-0.1, -0.05) is 19.3 Å². The number of imide groups is 1. The molecule has 2 N–H and O–H groups in total. The number of aldehydes is 1. The number of rotatable bonds is 8. The van der Waals surface area contributed by atoms with Crippen LogP contribution in [-0.2, 0) is 14.3 Å². The van der Waals surface area contributed by atoms with Crippen LogP contribution in [0, 0.1) is 0 Å². The molecule has 0 bridgehead atoms. The third-order valence-electron chi connectivity index (χ3n) is 4.52. The fraction of sp³-hybridized carbons (Fsp3) is 0.500. The van der Waals surface area contributed by atoms with Gasteiger partial charge >= 0.3 is 12.0 Å². The van der Waals surface area contributed by atoms with E-state index < -0.39 is 30.6 Å². The molecule has 9 nitrogen and oxygen atoms in total. The summed E-state index contributed by atoms with van der Waals surface area (Å²) in [7, 11) is 1.40. The van der Waals surface area contributed by atoms with Crippen molar-refractivity contribution in [1.29, 1.82) is 0 Å². The van der Waals surface area contributed by atoms with Crippen molar-refractivity contribution < 1.29 is 33.4 Å². The van der Waals surface area contributed by atoms with E-state index >= 15 is 0 Å². The quantitative estimate of drug-likeness (QED) is 0.500. The molecule has 9 heteroatoms. The molecule has 1 aromatic rings. The standard InChI is InChI=1S/C20H26N2O7/c1-13(19(25)22-20(26)21-15-6-4-3-5-7-15)29-18(24)12-28-16-9-8-14(11-23)10-17(16)27-2/h8-11,13,15H,3-7,12H2,1-2H3,(H2,21,22,25,26)/t13-/m1/s1. The van der Waals surface area contributed by atoms with E-state index in [2.05, 4.69) is 10.6 Å². The molecular formula is C20H26N2O7. The Morgan fingerprint density at radius 1 is 1.17 bits per heavy atom. The summed E-state index contributed by atoms with van der Waals surface area (Å²) in [4.78, 5) is 46.7. The van der Waals surface area contributed by atoms with Crippen molar-refractivity contribution in [2.24, 2.45) is 0 Å². The van der Waals surface area contributed by atoms with E-state index in [-0.39, 0.29) is 17.5 Å². The number of carbonyl (C=O) groups excluding carboxylic acids is 4. The molecule has 3 amide bonds. The Kier molecular flexibility index (Phi) is 8.45. The van der Waals surface area contributed by atoms with Gasteiger partial charge in [0.2, 0.25) is 0 Å². The lowest BCUT2D eigenvalue weighted by Crippen LogP contribution is -2.48. The van der Waals surface area contributed by atoms with Gasteiger partial charge < -0.3 is 19.5 Å². The van der Waals surface area contributed by atoms with Crippen LogP contribution in [0.3, 0.4) is 0 Å². The highest BCUT2D eigenvalue weighted by Gasteiger charge is 2.22. The minimum Gasteiger partial charge on any atom is -0.493 e. The number of methoxy groups -OCH3 is 1. The van der Waals surface area contributed by atoms with Gasteiger partial charge in [0.15, 0.2) is 24.2 Å². The number of nitrogens with one attached hydrogen (secondary N) is 2. The first kappa shape index (κ1) is 22.2. The molecule has 0 aromatic heterocycles. The van der Waals surface area contributed by atoms with Gasteiger partial charge in [-0.05, 0) is 38.0 Å². The molecule has 1 aliphatic carbocycles. The van der Waals surface area contributed by atoms with Crippen LogP contribution in [0.4, 0.5) is 4.79 Å². The summed E-state index contributed by atoms with van der Waals surface area (Å²) in [6, 6.07) is 3.93. The summed E-state index contributed by atoms with van der Waals surface area (Å²) in [5, 5.41) is 4.93. The maximum absolute atomic E-state index is 12.0. The average Bonchev–Trinajstić information content (AvgIpc) is 2.72. The van der Waals surface area contributed by atoms with Gasteiger partial charge in [-0.25, -0.2) is 9.59 Å². The predicted octanol–water partition coefficient (Wildman–Crippen LogP) is 1.98. The van der Waals surface area contributed by atoms with Crippen molar-refractivity contribution >= 4 is 24.2 Å². The Bertz CT molecular complexity index is 744. The Hall–Kier alpha value is -3.10. The van der Waals surface area contributed by atoms with E-state index in [0.29, 0.717) is 11.8 Å². The molecule has 1 aromatic carbocycles. The summed E-state index contributed by atoms with van der Waals surface area (Å²) in [5.74, 6) is -0.979. The first-order valence-electron chi connectivity index (χ1n) is 9.49. The Balaban J connectivity index is 1.76. The van der Waals surface area contributed by atoms with Crippen molar-refractivity contribution in [2.45, 2.75) is 51.2 Å². The van der Waals surface area contributed by atoms with Crippen LogP contribution in [0.1, 0.15) is 49.4 Å². The maximum Gasteiger partial charge on any atom is 0.344 e. The molecule has 2 rings (SSSR count). The zero-order chi connectivity index (χ0) is 21.2. The topological polar surface area (TPSA) is 120 Å². The van der Waals surface area contributed by atoms with Gasteiger partial charge in [0.1, 0.15) is 6.29 Å². The molecule has 0 saturated heterocycles. The molecule has 158 valence electrons. The third-order valence-corrected chi connectivity index (χ3v) is 4.52. The number of esters is 1. The van der Waals surface area contributed by atoms with Crippen molar-refractivity contribution in [2.75, 3.05) is 13.7 Å². The summed E-state index contributed by atoms with van der Waals surface area (Å²) >= 11 is 0. The molecule has 1 aliphatic rings. The van der Waals surface area contributed by atoms with Gasteiger partial charge in [0.05, 0.1) is 7.11 Å². The molecule has 1 saturated carbocycles. The molecule has 0 unspecified atom stereocenters. The number of ether oxygens (including phenoxy) is 3. The van der Waals surface area contributed by atoms with Crippen LogP contribution >= 0.6 is 0 Å². The molecule has 1 fully saturated rings. The number of carbonyl (C=O) groups is 4. The number of hydrogen-bond donors (Lipinski definition) is 2. The van der Waals surface area contributed by atoms with Crippen molar-refractivity contribution in [3.63, 3.8) is 0 Å². The van der Waals surface area contributed by atoms with Crippen molar-refractivity contribution in [3.8, 4) is 11.5 Å². The number of hydrogen-bond acceptors (Lipinski definition) is 7. The van der Waals surface area contributed by atoms with E-state index in [4.69, 9.17) is 14.2 Å². The minimum atomic E-state index is -1.16. The monoisotopic (exact) mass is 406 g/mol.